The Bertz CT molecular complexity index is 755. The smallest absolute Gasteiger partial charge is 0.224 e. The second kappa shape index (κ2) is 9.00. The number of likely N-dealkylation sites (tertiary alicyclic amines) is 1. The first-order chi connectivity index (χ1) is 13.1. The molecule has 2 aromatic rings. The zero-order valence-electron chi connectivity index (χ0n) is 15.7. The van der Waals surface area contributed by atoms with Gasteiger partial charge in [-0.1, -0.05) is 30.3 Å². The molecule has 0 aromatic heterocycles. The summed E-state index contributed by atoms with van der Waals surface area (Å²) in [6.45, 7) is 1.48. The summed E-state index contributed by atoms with van der Waals surface area (Å²) in [6, 6.07) is 14.4. The maximum atomic E-state index is 13.7. The molecule has 0 aliphatic carbocycles. The summed E-state index contributed by atoms with van der Waals surface area (Å²) in [5, 5.41) is 0. The van der Waals surface area contributed by atoms with Gasteiger partial charge in [-0.2, -0.15) is 0 Å². The minimum absolute atomic E-state index is 0.0621. The largest absolute Gasteiger partial charge is 0.497 e. The van der Waals surface area contributed by atoms with Crippen LogP contribution in [0.4, 0.5) is 4.39 Å². The average molecular weight is 370 g/mol. The molecule has 27 heavy (non-hydrogen) atoms. The zero-order valence-corrected chi connectivity index (χ0v) is 15.7. The summed E-state index contributed by atoms with van der Waals surface area (Å²) < 4.78 is 18.9. The van der Waals surface area contributed by atoms with E-state index < -0.39 is 0 Å². The molecule has 1 aliphatic rings. The number of halogens is 1. The van der Waals surface area contributed by atoms with Gasteiger partial charge in [0.05, 0.1) is 7.11 Å². The van der Waals surface area contributed by atoms with Crippen molar-refractivity contribution in [3.63, 3.8) is 0 Å². The van der Waals surface area contributed by atoms with E-state index in [1.807, 2.05) is 17.0 Å². The Morgan fingerprint density at radius 2 is 1.85 bits per heavy atom. The maximum absolute atomic E-state index is 13.7. The number of methoxy groups -OCH3 is 1. The molecule has 0 spiro atoms. The van der Waals surface area contributed by atoms with Crippen molar-refractivity contribution >= 4 is 5.91 Å². The van der Waals surface area contributed by atoms with E-state index in [4.69, 9.17) is 10.5 Å². The minimum atomic E-state index is -0.367. The quantitative estimate of drug-likeness (QED) is 0.847. The Labute approximate surface area is 160 Å². The van der Waals surface area contributed by atoms with E-state index in [9.17, 15) is 9.18 Å². The molecule has 3 rings (SSSR count). The van der Waals surface area contributed by atoms with E-state index in [0.29, 0.717) is 17.9 Å². The Morgan fingerprint density at radius 1 is 1.19 bits per heavy atom. The van der Waals surface area contributed by atoms with Gasteiger partial charge in [0.25, 0.3) is 0 Å². The predicted molar refractivity (Wildman–Crippen MR) is 104 cm³/mol. The first-order valence-corrected chi connectivity index (χ1v) is 9.47. The van der Waals surface area contributed by atoms with E-state index in [-0.39, 0.29) is 24.2 Å². The summed E-state index contributed by atoms with van der Waals surface area (Å²) in [5.74, 6) is 1.12. The lowest BCUT2D eigenvalue weighted by Crippen LogP contribution is -2.41. The lowest BCUT2D eigenvalue weighted by Gasteiger charge is -2.33. The molecule has 144 valence electrons. The van der Waals surface area contributed by atoms with Crippen LogP contribution in [0.15, 0.2) is 48.5 Å². The van der Waals surface area contributed by atoms with Gasteiger partial charge in [-0.3, -0.25) is 4.79 Å². The molecule has 1 saturated heterocycles. The Morgan fingerprint density at radius 3 is 2.48 bits per heavy atom. The van der Waals surface area contributed by atoms with Gasteiger partial charge in [0, 0.05) is 25.6 Å². The Balaban J connectivity index is 1.48. The number of rotatable bonds is 6. The van der Waals surface area contributed by atoms with Gasteiger partial charge in [-0.05, 0) is 54.5 Å². The van der Waals surface area contributed by atoms with E-state index in [2.05, 4.69) is 12.1 Å². The molecule has 5 heteroatoms. The highest BCUT2D eigenvalue weighted by Crippen LogP contribution is 2.29. The summed E-state index contributed by atoms with van der Waals surface area (Å²) in [5.41, 5.74) is 7.96. The van der Waals surface area contributed by atoms with Crippen LogP contribution in [0.5, 0.6) is 5.75 Å². The molecule has 1 heterocycles. The Kier molecular flexibility index (Phi) is 6.45. The van der Waals surface area contributed by atoms with Crippen LogP contribution in [0, 0.1) is 5.82 Å². The molecule has 1 fully saturated rings. The number of piperidine rings is 1. The van der Waals surface area contributed by atoms with Crippen molar-refractivity contribution in [2.75, 3.05) is 20.2 Å². The summed E-state index contributed by atoms with van der Waals surface area (Å²) in [4.78, 5) is 14.4. The van der Waals surface area contributed by atoms with Crippen molar-refractivity contribution in [3.05, 3.63) is 65.5 Å². The second-order valence-corrected chi connectivity index (χ2v) is 7.19. The topological polar surface area (TPSA) is 55.6 Å². The first-order valence-electron chi connectivity index (χ1n) is 9.47. The number of hydrogen-bond acceptors (Lipinski definition) is 3. The maximum Gasteiger partial charge on any atom is 0.224 e. The number of nitrogens with zero attached hydrogens (tertiary/aromatic N) is 1. The van der Waals surface area contributed by atoms with E-state index in [0.717, 1.165) is 31.7 Å². The highest BCUT2D eigenvalue weighted by Gasteiger charge is 2.25. The lowest BCUT2D eigenvalue weighted by atomic mass is 9.89. The molecule has 2 N–H and O–H groups in total. The zero-order chi connectivity index (χ0) is 19.2. The van der Waals surface area contributed by atoms with Crippen LogP contribution in [0.25, 0.3) is 0 Å². The number of ether oxygens (including phenoxy) is 1. The molecule has 1 amide bonds. The predicted octanol–water partition coefficient (Wildman–Crippen LogP) is 3.50. The van der Waals surface area contributed by atoms with Gasteiger partial charge in [-0.15, -0.1) is 0 Å². The van der Waals surface area contributed by atoms with Crippen molar-refractivity contribution in [1.82, 2.24) is 4.90 Å². The third-order valence-corrected chi connectivity index (χ3v) is 5.31. The molecule has 4 nitrogen and oxygen atoms in total. The van der Waals surface area contributed by atoms with Gasteiger partial charge >= 0.3 is 0 Å². The van der Waals surface area contributed by atoms with Gasteiger partial charge in [0.1, 0.15) is 11.6 Å². The highest BCUT2D eigenvalue weighted by molar-refractivity contribution is 5.77. The molecule has 2 aromatic carbocycles. The molecule has 1 aliphatic heterocycles. The van der Waals surface area contributed by atoms with Crippen molar-refractivity contribution in [1.29, 1.82) is 0 Å². The normalized spacial score (nSPS) is 16.2. The Hall–Kier alpha value is -2.40. The van der Waals surface area contributed by atoms with Crippen LogP contribution in [0.1, 0.15) is 36.3 Å². The van der Waals surface area contributed by atoms with Crippen molar-refractivity contribution < 1.29 is 13.9 Å². The third-order valence-electron chi connectivity index (χ3n) is 5.31. The van der Waals surface area contributed by atoms with Gasteiger partial charge in [0.2, 0.25) is 5.91 Å². The standard InChI is InChI=1S/C22H27FN2O2/c1-27-20-8-6-16(7-9-20)17-10-12-25(13-11-17)22(26)15-19(24)14-18-4-2-3-5-21(18)23/h2-9,17,19H,10-15,24H2,1H3/t19-/m1/s1. The van der Waals surface area contributed by atoms with Crippen molar-refractivity contribution in [3.8, 4) is 5.75 Å². The van der Waals surface area contributed by atoms with Crippen LogP contribution in [0.2, 0.25) is 0 Å². The minimum Gasteiger partial charge on any atom is -0.497 e. The fourth-order valence-electron chi connectivity index (χ4n) is 3.71. The third kappa shape index (κ3) is 5.07. The molecule has 0 saturated carbocycles. The average Bonchev–Trinajstić information content (AvgIpc) is 2.70. The molecule has 1 atom stereocenters. The number of carbonyl (C=O) groups is 1. The summed E-state index contributed by atoms with van der Waals surface area (Å²) >= 11 is 0. The van der Waals surface area contributed by atoms with Gasteiger partial charge in [0.15, 0.2) is 0 Å². The van der Waals surface area contributed by atoms with Gasteiger partial charge < -0.3 is 15.4 Å². The molecule has 0 radical (unpaired) electrons. The molecular formula is C22H27FN2O2. The number of carbonyl (C=O) groups excluding carboxylic acids is 1. The van der Waals surface area contributed by atoms with E-state index in [1.165, 1.54) is 11.6 Å². The van der Waals surface area contributed by atoms with Gasteiger partial charge in [-0.25, -0.2) is 4.39 Å². The number of amides is 1. The number of nitrogens with two attached hydrogens (primary N) is 1. The molecule has 0 unspecified atom stereocenters. The van der Waals surface area contributed by atoms with Crippen LogP contribution in [0.3, 0.4) is 0 Å². The van der Waals surface area contributed by atoms with Crippen LogP contribution in [-0.2, 0) is 11.2 Å². The fourth-order valence-corrected chi connectivity index (χ4v) is 3.71. The number of benzene rings is 2. The summed E-state index contributed by atoms with van der Waals surface area (Å²) in [6.07, 6.45) is 2.52. The van der Waals surface area contributed by atoms with Crippen LogP contribution >= 0.6 is 0 Å². The molecular weight excluding hydrogens is 343 g/mol. The second-order valence-electron chi connectivity index (χ2n) is 7.19. The van der Waals surface area contributed by atoms with Crippen molar-refractivity contribution in [2.45, 2.75) is 37.6 Å². The molecule has 0 bridgehead atoms. The van der Waals surface area contributed by atoms with Crippen LogP contribution < -0.4 is 10.5 Å². The highest BCUT2D eigenvalue weighted by atomic mass is 19.1. The van der Waals surface area contributed by atoms with E-state index >= 15 is 0 Å². The summed E-state index contributed by atoms with van der Waals surface area (Å²) in [7, 11) is 1.66. The first kappa shape index (κ1) is 19.4. The van der Waals surface area contributed by atoms with E-state index in [1.54, 1.807) is 25.3 Å². The van der Waals surface area contributed by atoms with Crippen LogP contribution in [-0.4, -0.2) is 37.0 Å². The number of hydrogen-bond donors (Lipinski definition) is 1. The lowest BCUT2D eigenvalue weighted by molar-refractivity contribution is -0.132. The monoisotopic (exact) mass is 370 g/mol. The fraction of sp³-hybridized carbons (Fsp3) is 0.409. The van der Waals surface area contributed by atoms with Crippen molar-refractivity contribution in [2.24, 2.45) is 5.73 Å². The SMILES string of the molecule is COc1ccc(C2CCN(C(=O)C[C@H](N)Cc3ccccc3F)CC2)cc1.